The summed E-state index contributed by atoms with van der Waals surface area (Å²) in [6, 6.07) is 7.05. The summed E-state index contributed by atoms with van der Waals surface area (Å²) in [6.45, 7) is 14.5. The molecule has 2 N–H and O–H groups in total. The van der Waals surface area contributed by atoms with Gasteiger partial charge in [-0.2, -0.15) is 0 Å². The molecule has 1 aromatic carbocycles. The summed E-state index contributed by atoms with van der Waals surface area (Å²) in [5, 5.41) is 22.8. The van der Waals surface area contributed by atoms with E-state index in [4.69, 9.17) is 28.4 Å². The zero-order valence-corrected chi connectivity index (χ0v) is 32.5. The van der Waals surface area contributed by atoms with E-state index in [1.54, 1.807) is 59.3 Å². The standard InChI is InChI=1S/C39H61NO11/c1-20-19-38(7,8)34(51-37-32(47-12)28(40(9)10)17-21(2)48-37)23(4)31(49-29(41)18-26-13-15-27(46-11)16-14-26)24(5)36(44)50-35-25(6)39(35,45)33(43)22(3)30(20)42/h13-16,20-25,28,31-35,37,43,45H,17-19H2,1-12H3/t20-,21-,22+,23+,24-,25?,28+,31+,32-,33-,34-,35-,37+,39+/m1/s1. The fraction of sp³-hybridized carbons (Fsp3) is 0.769. The van der Waals surface area contributed by atoms with Crippen molar-refractivity contribution in [1.29, 1.82) is 0 Å². The fourth-order valence-corrected chi connectivity index (χ4v) is 8.55. The van der Waals surface area contributed by atoms with E-state index < -0.39 is 89.4 Å². The normalized spacial score (nSPS) is 40.5. The summed E-state index contributed by atoms with van der Waals surface area (Å²) in [5.41, 5.74) is -1.85. The minimum Gasteiger partial charge on any atom is -0.497 e. The van der Waals surface area contributed by atoms with Crippen LogP contribution in [0, 0.1) is 35.0 Å². The highest BCUT2D eigenvalue weighted by atomic mass is 16.7. The lowest BCUT2D eigenvalue weighted by Gasteiger charge is -2.48. The van der Waals surface area contributed by atoms with Crippen LogP contribution >= 0.6 is 0 Å². The van der Waals surface area contributed by atoms with E-state index in [2.05, 4.69) is 4.90 Å². The molecule has 12 heteroatoms. The molecule has 2 aliphatic heterocycles. The van der Waals surface area contributed by atoms with Crippen molar-refractivity contribution in [1.82, 2.24) is 4.90 Å². The lowest BCUT2D eigenvalue weighted by atomic mass is 9.70. The third-order valence-corrected chi connectivity index (χ3v) is 11.7. The van der Waals surface area contributed by atoms with Crippen molar-refractivity contribution >= 4 is 17.7 Å². The SMILES string of the molecule is COc1ccc(CC(=O)O[C@H]2[C@H](C)[C@@H](O[C@@H]3O[C@H](C)C[C@H](N(C)C)[C@H]3OC)C(C)(C)C[C@@H](C)C(=O)[C@H](C)[C@@H](O)[C@@]3(O)C(C)[C@H]3OC(=O)[C@@H]2C)cc1. The number of carbonyl (C=O) groups excluding carboxylic acids is 3. The van der Waals surface area contributed by atoms with Crippen molar-refractivity contribution in [3.63, 3.8) is 0 Å². The van der Waals surface area contributed by atoms with Gasteiger partial charge in [0, 0.05) is 36.8 Å². The van der Waals surface area contributed by atoms with Crippen molar-refractivity contribution in [2.45, 2.75) is 129 Å². The highest BCUT2D eigenvalue weighted by Crippen LogP contribution is 2.51. The Balaban J connectivity index is 1.77. The first kappa shape index (κ1) is 41.2. The van der Waals surface area contributed by atoms with Crippen LogP contribution < -0.4 is 4.74 Å². The molecule has 288 valence electrons. The molecule has 2 saturated heterocycles. The Morgan fingerprint density at radius 3 is 2.18 bits per heavy atom. The second-order valence-corrected chi connectivity index (χ2v) is 16.2. The van der Waals surface area contributed by atoms with Crippen LogP contribution in [0.3, 0.4) is 0 Å². The van der Waals surface area contributed by atoms with Gasteiger partial charge in [0.15, 0.2) is 6.29 Å². The van der Waals surface area contributed by atoms with Gasteiger partial charge in [0.2, 0.25) is 0 Å². The van der Waals surface area contributed by atoms with Crippen molar-refractivity contribution in [3.8, 4) is 5.75 Å². The molecule has 0 amide bonds. The molecule has 0 spiro atoms. The van der Waals surface area contributed by atoms with Crippen molar-refractivity contribution in [2.75, 3.05) is 28.3 Å². The zero-order chi connectivity index (χ0) is 38.2. The number of benzene rings is 1. The molecule has 3 aliphatic rings. The molecule has 1 aliphatic carbocycles. The number of methoxy groups -OCH3 is 2. The van der Waals surface area contributed by atoms with E-state index in [1.165, 1.54) is 0 Å². The van der Waals surface area contributed by atoms with Gasteiger partial charge < -0.3 is 43.5 Å². The van der Waals surface area contributed by atoms with Gasteiger partial charge in [-0.15, -0.1) is 0 Å². The average molecular weight is 720 g/mol. The van der Waals surface area contributed by atoms with E-state index in [9.17, 15) is 24.6 Å². The second-order valence-electron chi connectivity index (χ2n) is 16.2. The van der Waals surface area contributed by atoms with Crippen LogP contribution in [-0.2, 0) is 44.5 Å². The first-order valence-corrected chi connectivity index (χ1v) is 18.3. The van der Waals surface area contributed by atoms with Crippen LogP contribution in [0.2, 0.25) is 0 Å². The monoisotopic (exact) mass is 719 g/mol. The number of carbonyl (C=O) groups is 3. The predicted molar refractivity (Wildman–Crippen MR) is 189 cm³/mol. The van der Waals surface area contributed by atoms with Crippen molar-refractivity contribution in [2.24, 2.45) is 35.0 Å². The lowest BCUT2D eigenvalue weighted by molar-refractivity contribution is -0.295. The molecule has 12 nitrogen and oxygen atoms in total. The van der Waals surface area contributed by atoms with Gasteiger partial charge in [-0.1, -0.05) is 53.7 Å². The fourth-order valence-electron chi connectivity index (χ4n) is 8.55. The minimum atomic E-state index is -1.78. The Morgan fingerprint density at radius 2 is 1.61 bits per heavy atom. The van der Waals surface area contributed by atoms with Gasteiger partial charge in [0.25, 0.3) is 0 Å². The van der Waals surface area contributed by atoms with E-state index in [-0.39, 0.29) is 24.3 Å². The Hall–Kier alpha value is -2.61. The maximum Gasteiger partial charge on any atom is 0.312 e. The number of likely N-dealkylation sites (N-methyl/N-ethyl adjacent to an activating group) is 1. The molecule has 1 unspecified atom stereocenters. The van der Waals surface area contributed by atoms with Gasteiger partial charge >= 0.3 is 11.9 Å². The molecule has 0 aromatic heterocycles. The molecule has 0 radical (unpaired) electrons. The molecule has 2 heterocycles. The van der Waals surface area contributed by atoms with E-state index in [0.717, 1.165) is 6.42 Å². The van der Waals surface area contributed by atoms with Crippen molar-refractivity contribution in [3.05, 3.63) is 29.8 Å². The topological polar surface area (TPSA) is 150 Å². The number of ether oxygens (including phenoxy) is 6. The number of hydrogen-bond acceptors (Lipinski definition) is 12. The van der Waals surface area contributed by atoms with Crippen LogP contribution in [0.1, 0.15) is 73.8 Å². The third kappa shape index (κ3) is 8.63. The lowest BCUT2D eigenvalue weighted by Crippen LogP contribution is -2.58. The molecule has 14 atom stereocenters. The van der Waals surface area contributed by atoms with Crippen LogP contribution in [0.5, 0.6) is 5.75 Å². The van der Waals surface area contributed by atoms with Gasteiger partial charge in [0.05, 0.1) is 37.8 Å². The van der Waals surface area contributed by atoms with Crippen LogP contribution in [0.15, 0.2) is 24.3 Å². The molecule has 4 rings (SSSR count). The summed E-state index contributed by atoms with van der Waals surface area (Å²) >= 11 is 0. The summed E-state index contributed by atoms with van der Waals surface area (Å²) in [4.78, 5) is 43.5. The number of nitrogens with zero attached hydrogens (tertiary/aromatic N) is 1. The van der Waals surface area contributed by atoms with Crippen molar-refractivity contribution < 1.29 is 53.0 Å². The molecular formula is C39H61NO11. The number of ketones is 1. The summed E-state index contributed by atoms with van der Waals surface area (Å²) < 4.78 is 36.7. The quantitative estimate of drug-likeness (QED) is 0.376. The number of Topliss-reactive ketones (excluding diaryl/α,β-unsaturated/α-hetero) is 1. The maximum atomic E-state index is 13.9. The molecule has 0 bridgehead atoms. The van der Waals surface area contributed by atoms with Gasteiger partial charge in [-0.25, -0.2) is 0 Å². The smallest absolute Gasteiger partial charge is 0.312 e. The van der Waals surface area contributed by atoms with E-state index in [0.29, 0.717) is 17.7 Å². The summed E-state index contributed by atoms with van der Waals surface area (Å²) in [7, 11) is 7.15. The first-order valence-electron chi connectivity index (χ1n) is 18.3. The highest BCUT2D eigenvalue weighted by Gasteiger charge is 2.70. The van der Waals surface area contributed by atoms with Gasteiger partial charge in [-0.3, -0.25) is 14.4 Å². The number of fused-ring (bicyclic) bond motifs is 1. The maximum absolute atomic E-state index is 13.9. The Kier molecular flexibility index (Phi) is 13.1. The first-order chi connectivity index (χ1) is 23.8. The van der Waals surface area contributed by atoms with Gasteiger partial charge in [-0.05, 0) is 63.9 Å². The zero-order valence-electron chi connectivity index (χ0n) is 32.5. The Bertz CT molecular complexity index is 1370. The Labute approximate surface area is 303 Å². The number of esters is 2. The molecular weight excluding hydrogens is 658 g/mol. The van der Waals surface area contributed by atoms with Crippen LogP contribution in [0.25, 0.3) is 0 Å². The van der Waals surface area contributed by atoms with E-state index >= 15 is 0 Å². The molecule has 1 aromatic rings. The van der Waals surface area contributed by atoms with Crippen LogP contribution in [-0.4, -0.2) is 116 Å². The van der Waals surface area contributed by atoms with Crippen LogP contribution in [0.4, 0.5) is 0 Å². The largest absolute Gasteiger partial charge is 0.497 e. The molecule has 3 fully saturated rings. The Morgan fingerprint density at radius 1 is 0.980 bits per heavy atom. The highest BCUT2D eigenvalue weighted by molar-refractivity contribution is 5.84. The number of aliphatic hydroxyl groups is 2. The number of aliphatic hydroxyl groups excluding tert-OH is 1. The van der Waals surface area contributed by atoms with E-state index in [1.807, 2.05) is 48.7 Å². The third-order valence-electron chi connectivity index (χ3n) is 11.7. The minimum absolute atomic E-state index is 0.0187. The second kappa shape index (κ2) is 16.2. The molecule has 51 heavy (non-hydrogen) atoms. The summed E-state index contributed by atoms with van der Waals surface area (Å²) in [6.07, 6.45) is -4.69. The number of rotatable bonds is 8. The molecule has 1 saturated carbocycles. The average Bonchev–Trinajstić information content (AvgIpc) is 3.61. The number of hydrogen-bond donors (Lipinski definition) is 2. The van der Waals surface area contributed by atoms with Gasteiger partial charge in [0.1, 0.15) is 35.4 Å². The predicted octanol–water partition coefficient (Wildman–Crippen LogP) is 3.81. The summed E-state index contributed by atoms with van der Waals surface area (Å²) in [5.74, 6) is -4.51.